The van der Waals surface area contributed by atoms with Crippen molar-refractivity contribution in [1.29, 1.82) is 0 Å². The number of halogens is 1. The molecule has 8 nitrogen and oxygen atoms in total. The van der Waals surface area contributed by atoms with Crippen molar-refractivity contribution in [3.8, 4) is 11.5 Å². The van der Waals surface area contributed by atoms with Gasteiger partial charge in [-0.2, -0.15) is 0 Å². The van der Waals surface area contributed by atoms with Gasteiger partial charge in [-0.3, -0.25) is 4.79 Å². The number of thioether (sulfide) groups is 1. The SMILES string of the molecule is COc1ccc(CCNC(=O)CSc2nc(Cl)cc(N(CCN(C)C)Cc3ccccc3)n2)cc1OC. The molecule has 0 saturated carbocycles. The Hall–Kier alpha value is -3.01. The number of ether oxygens (including phenoxy) is 2. The Bertz CT molecular complexity index is 1150. The Morgan fingerprint density at radius 3 is 2.43 bits per heavy atom. The van der Waals surface area contributed by atoms with E-state index in [1.165, 1.54) is 17.3 Å². The number of rotatable bonds is 14. The van der Waals surface area contributed by atoms with Crippen LogP contribution < -0.4 is 19.7 Å². The van der Waals surface area contributed by atoms with Crippen LogP contribution in [0.25, 0.3) is 0 Å². The molecule has 0 aliphatic rings. The first-order valence-electron chi connectivity index (χ1n) is 12.0. The van der Waals surface area contributed by atoms with Gasteiger partial charge in [-0.05, 0) is 43.8 Å². The van der Waals surface area contributed by atoms with Gasteiger partial charge < -0.3 is 24.6 Å². The number of hydrogen-bond acceptors (Lipinski definition) is 8. The lowest BCUT2D eigenvalue weighted by atomic mass is 10.1. The van der Waals surface area contributed by atoms with E-state index in [1.807, 2.05) is 50.5 Å². The van der Waals surface area contributed by atoms with Crippen molar-refractivity contribution in [1.82, 2.24) is 20.2 Å². The lowest BCUT2D eigenvalue weighted by Crippen LogP contribution is -2.32. The topological polar surface area (TPSA) is 79.8 Å². The number of amides is 1. The Balaban J connectivity index is 1.58. The summed E-state index contributed by atoms with van der Waals surface area (Å²) in [6.07, 6.45) is 0.675. The Labute approximate surface area is 228 Å². The van der Waals surface area contributed by atoms with E-state index in [0.29, 0.717) is 41.3 Å². The number of anilines is 1. The number of nitrogens with zero attached hydrogens (tertiary/aromatic N) is 4. The molecular weight excluding hydrogens is 510 g/mol. The summed E-state index contributed by atoms with van der Waals surface area (Å²) in [6, 6.07) is 17.7. The average Bonchev–Trinajstić information content (AvgIpc) is 2.90. The molecule has 2 aromatic carbocycles. The number of carbonyl (C=O) groups excluding carboxylic acids is 1. The molecular formula is C27H34ClN5O3S. The van der Waals surface area contributed by atoms with Gasteiger partial charge >= 0.3 is 0 Å². The number of hydrogen-bond donors (Lipinski definition) is 1. The second-order valence-electron chi connectivity index (χ2n) is 8.62. The highest BCUT2D eigenvalue weighted by Crippen LogP contribution is 2.27. The quantitative estimate of drug-likeness (QED) is 0.184. The monoisotopic (exact) mass is 543 g/mol. The van der Waals surface area contributed by atoms with Crippen molar-refractivity contribution in [3.05, 3.63) is 70.9 Å². The van der Waals surface area contributed by atoms with E-state index in [1.54, 1.807) is 20.3 Å². The summed E-state index contributed by atoms with van der Waals surface area (Å²) in [5.74, 6) is 2.19. The van der Waals surface area contributed by atoms with Gasteiger partial charge in [0.05, 0.1) is 20.0 Å². The van der Waals surface area contributed by atoms with Gasteiger partial charge in [-0.25, -0.2) is 9.97 Å². The number of aromatic nitrogens is 2. The summed E-state index contributed by atoms with van der Waals surface area (Å²) in [4.78, 5) is 25.8. The maximum absolute atomic E-state index is 12.5. The molecule has 1 heterocycles. The second kappa shape index (κ2) is 14.7. The molecule has 37 heavy (non-hydrogen) atoms. The van der Waals surface area contributed by atoms with Gasteiger partial charge in [0.15, 0.2) is 16.7 Å². The molecule has 0 spiro atoms. The predicted molar refractivity (Wildman–Crippen MR) is 150 cm³/mol. The fourth-order valence-electron chi connectivity index (χ4n) is 3.57. The van der Waals surface area contributed by atoms with Crippen LogP contribution in [0.4, 0.5) is 5.82 Å². The summed E-state index contributed by atoms with van der Waals surface area (Å²) < 4.78 is 10.6. The Kier molecular flexibility index (Phi) is 11.3. The molecule has 0 unspecified atom stereocenters. The van der Waals surface area contributed by atoms with E-state index in [0.717, 1.165) is 24.5 Å². The normalized spacial score (nSPS) is 10.9. The van der Waals surface area contributed by atoms with Crippen LogP contribution in [0.3, 0.4) is 0 Å². The highest BCUT2D eigenvalue weighted by atomic mass is 35.5. The smallest absolute Gasteiger partial charge is 0.230 e. The van der Waals surface area contributed by atoms with Crippen LogP contribution in [0.2, 0.25) is 5.15 Å². The van der Waals surface area contributed by atoms with Crippen molar-refractivity contribution in [2.24, 2.45) is 0 Å². The third kappa shape index (κ3) is 9.42. The maximum Gasteiger partial charge on any atom is 0.230 e. The minimum Gasteiger partial charge on any atom is -0.493 e. The zero-order chi connectivity index (χ0) is 26.6. The molecule has 0 aliphatic heterocycles. The molecule has 1 N–H and O–H groups in total. The predicted octanol–water partition coefficient (Wildman–Crippen LogP) is 4.17. The van der Waals surface area contributed by atoms with Gasteiger partial charge in [0.25, 0.3) is 0 Å². The van der Waals surface area contributed by atoms with Crippen molar-refractivity contribution in [2.45, 2.75) is 18.1 Å². The number of likely N-dealkylation sites (N-methyl/N-ethyl adjacent to an activating group) is 1. The van der Waals surface area contributed by atoms with Crippen molar-refractivity contribution >= 4 is 35.1 Å². The molecule has 0 atom stereocenters. The molecule has 0 fully saturated rings. The molecule has 0 aliphatic carbocycles. The molecule has 1 amide bonds. The third-order valence-corrected chi connectivity index (χ3v) is 6.58. The summed E-state index contributed by atoms with van der Waals surface area (Å²) in [7, 11) is 7.29. The molecule has 3 aromatic rings. The van der Waals surface area contributed by atoms with Gasteiger partial charge in [0, 0.05) is 32.2 Å². The lowest BCUT2D eigenvalue weighted by Gasteiger charge is -2.26. The molecule has 10 heteroatoms. The van der Waals surface area contributed by atoms with Crippen LogP contribution in [0.15, 0.2) is 59.8 Å². The zero-order valence-electron chi connectivity index (χ0n) is 21.7. The van der Waals surface area contributed by atoms with Crippen LogP contribution in [0, 0.1) is 0 Å². The van der Waals surface area contributed by atoms with E-state index in [2.05, 4.69) is 32.2 Å². The first-order valence-corrected chi connectivity index (χ1v) is 13.3. The molecule has 0 saturated heterocycles. The van der Waals surface area contributed by atoms with Crippen LogP contribution in [0.1, 0.15) is 11.1 Å². The standard InChI is InChI=1S/C27H34ClN5O3S/c1-32(2)14-15-33(18-21-8-6-5-7-9-21)25-17-24(28)30-27(31-25)37-19-26(34)29-13-12-20-10-11-22(35-3)23(16-20)36-4/h5-11,16-17H,12-15,18-19H2,1-4H3,(H,29,34). The fourth-order valence-corrected chi connectivity index (χ4v) is 4.49. The highest BCUT2D eigenvalue weighted by Gasteiger charge is 2.14. The maximum atomic E-state index is 12.5. The number of carbonyl (C=O) groups is 1. The van der Waals surface area contributed by atoms with Crippen molar-refractivity contribution in [3.63, 3.8) is 0 Å². The molecule has 198 valence electrons. The van der Waals surface area contributed by atoms with Crippen LogP contribution in [-0.4, -0.2) is 74.5 Å². The summed E-state index contributed by atoms with van der Waals surface area (Å²) in [6.45, 7) is 2.84. The van der Waals surface area contributed by atoms with E-state index < -0.39 is 0 Å². The minimum atomic E-state index is -0.0932. The Morgan fingerprint density at radius 1 is 0.973 bits per heavy atom. The van der Waals surface area contributed by atoms with Crippen LogP contribution in [0.5, 0.6) is 11.5 Å². The minimum absolute atomic E-state index is 0.0932. The summed E-state index contributed by atoms with van der Waals surface area (Å²) in [5.41, 5.74) is 2.23. The van der Waals surface area contributed by atoms with Crippen LogP contribution in [-0.2, 0) is 17.8 Å². The van der Waals surface area contributed by atoms with Gasteiger partial charge in [-0.15, -0.1) is 0 Å². The van der Waals surface area contributed by atoms with E-state index in [9.17, 15) is 4.79 Å². The molecule has 0 bridgehead atoms. The number of benzene rings is 2. The fraction of sp³-hybridized carbons (Fsp3) is 0.370. The largest absolute Gasteiger partial charge is 0.493 e. The third-order valence-electron chi connectivity index (χ3n) is 5.53. The van der Waals surface area contributed by atoms with Gasteiger partial charge in [0.1, 0.15) is 11.0 Å². The number of methoxy groups -OCH3 is 2. The molecule has 1 aromatic heterocycles. The molecule has 0 radical (unpaired) electrons. The lowest BCUT2D eigenvalue weighted by molar-refractivity contribution is -0.118. The van der Waals surface area contributed by atoms with Crippen molar-refractivity contribution in [2.75, 3.05) is 58.6 Å². The summed E-state index contributed by atoms with van der Waals surface area (Å²) >= 11 is 7.62. The first-order chi connectivity index (χ1) is 17.9. The zero-order valence-corrected chi connectivity index (χ0v) is 23.3. The molecule has 3 rings (SSSR count). The van der Waals surface area contributed by atoms with Crippen molar-refractivity contribution < 1.29 is 14.3 Å². The van der Waals surface area contributed by atoms with Crippen LogP contribution >= 0.6 is 23.4 Å². The second-order valence-corrected chi connectivity index (χ2v) is 9.95. The first kappa shape index (κ1) is 28.6. The highest BCUT2D eigenvalue weighted by molar-refractivity contribution is 7.99. The van der Waals surface area contributed by atoms with E-state index in [-0.39, 0.29) is 11.7 Å². The average molecular weight is 544 g/mol. The van der Waals surface area contributed by atoms with E-state index >= 15 is 0 Å². The number of nitrogens with one attached hydrogen (secondary N) is 1. The summed E-state index contributed by atoms with van der Waals surface area (Å²) in [5, 5.41) is 3.77. The van der Waals surface area contributed by atoms with E-state index in [4.69, 9.17) is 26.1 Å². The van der Waals surface area contributed by atoms with Gasteiger partial charge in [-0.1, -0.05) is 59.8 Å². The Morgan fingerprint density at radius 2 is 1.73 bits per heavy atom. The van der Waals surface area contributed by atoms with Gasteiger partial charge in [0.2, 0.25) is 5.91 Å².